The smallest absolute Gasteiger partial charge is 0.338 e. The lowest BCUT2D eigenvalue weighted by Crippen LogP contribution is -2.44. The third kappa shape index (κ3) is 4.95. The molecule has 0 spiro atoms. The number of rotatable bonds is 5. The summed E-state index contributed by atoms with van der Waals surface area (Å²) in [4.78, 5) is 39.0. The molecular formula is C20H22N2O4S. The van der Waals surface area contributed by atoms with Gasteiger partial charge in [0, 0.05) is 18.3 Å². The number of thiophene rings is 1. The maximum absolute atomic E-state index is 12.3. The summed E-state index contributed by atoms with van der Waals surface area (Å²) >= 11 is 1.34. The molecule has 3 rings (SSSR count). The Hall–Kier alpha value is -2.67. The van der Waals surface area contributed by atoms with E-state index in [1.807, 2.05) is 12.3 Å². The van der Waals surface area contributed by atoms with E-state index in [0.29, 0.717) is 22.7 Å². The Labute approximate surface area is 162 Å². The summed E-state index contributed by atoms with van der Waals surface area (Å²) in [7, 11) is 0. The Morgan fingerprint density at radius 2 is 2.07 bits per heavy atom. The predicted molar refractivity (Wildman–Crippen MR) is 104 cm³/mol. The normalized spacial score (nSPS) is 16.6. The number of carbonyl (C=O) groups excluding carboxylic acids is 3. The Morgan fingerprint density at radius 3 is 2.81 bits per heavy atom. The molecule has 1 aromatic heterocycles. The first-order valence-corrected chi connectivity index (χ1v) is 9.84. The number of amides is 2. The average Bonchev–Trinajstić information content (AvgIpc) is 3.21. The molecule has 142 valence electrons. The molecule has 0 saturated carbocycles. The Morgan fingerprint density at radius 1 is 1.22 bits per heavy atom. The lowest BCUT2D eigenvalue weighted by Gasteiger charge is -2.33. The van der Waals surface area contributed by atoms with Crippen LogP contribution in [-0.2, 0) is 9.53 Å². The van der Waals surface area contributed by atoms with Crippen LogP contribution in [0.2, 0.25) is 0 Å². The Kier molecular flexibility index (Phi) is 6.24. The van der Waals surface area contributed by atoms with Gasteiger partial charge < -0.3 is 15.0 Å². The largest absolute Gasteiger partial charge is 0.452 e. The molecule has 1 aliphatic heterocycles. The highest BCUT2D eigenvalue weighted by Crippen LogP contribution is 2.18. The fraction of sp³-hybridized carbons (Fsp3) is 0.350. The van der Waals surface area contributed by atoms with E-state index in [2.05, 4.69) is 5.32 Å². The second kappa shape index (κ2) is 8.81. The number of nitrogens with zero attached hydrogens (tertiary/aromatic N) is 1. The molecule has 0 bridgehead atoms. The molecule has 2 amide bonds. The number of likely N-dealkylation sites (tertiary alicyclic amines) is 1. The van der Waals surface area contributed by atoms with Gasteiger partial charge in [0.05, 0.1) is 10.4 Å². The van der Waals surface area contributed by atoms with E-state index in [0.717, 1.165) is 19.3 Å². The van der Waals surface area contributed by atoms with Crippen LogP contribution in [0.15, 0.2) is 41.8 Å². The number of anilines is 1. The van der Waals surface area contributed by atoms with Crippen molar-refractivity contribution in [3.63, 3.8) is 0 Å². The van der Waals surface area contributed by atoms with Crippen LogP contribution in [0.25, 0.3) is 0 Å². The van der Waals surface area contributed by atoms with Crippen molar-refractivity contribution in [2.45, 2.75) is 32.2 Å². The highest BCUT2D eigenvalue weighted by atomic mass is 32.1. The van der Waals surface area contributed by atoms with Crippen molar-refractivity contribution in [3.05, 3.63) is 52.2 Å². The molecule has 1 aromatic carbocycles. The minimum Gasteiger partial charge on any atom is -0.452 e. The number of hydrogen-bond acceptors (Lipinski definition) is 5. The van der Waals surface area contributed by atoms with Crippen LogP contribution in [-0.4, -0.2) is 41.9 Å². The van der Waals surface area contributed by atoms with Gasteiger partial charge in [0.1, 0.15) is 0 Å². The van der Waals surface area contributed by atoms with E-state index in [9.17, 15) is 14.4 Å². The molecule has 0 unspecified atom stereocenters. The molecule has 27 heavy (non-hydrogen) atoms. The van der Waals surface area contributed by atoms with Gasteiger partial charge in [-0.25, -0.2) is 4.79 Å². The van der Waals surface area contributed by atoms with Gasteiger partial charge in [-0.2, -0.15) is 0 Å². The molecule has 1 atom stereocenters. The van der Waals surface area contributed by atoms with Crippen molar-refractivity contribution in [2.75, 3.05) is 18.5 Å². The lowest BCUT2D eigenvalue weighted by molar-refractivity contribution is -0.137. The molecule has 1 saturated heterocycles. The van der Waals surface area contributed by atoms with Crippen molar-refractivity contribution in [1.82, 2.24) is 4.90 Å². The topological polar surface area (TPSA) is 75.7 Å². The Bertz CT molecular complexity index is 819. The van der Waals surface area contributed by atoms with E-state index in [1.165, 1.54) is 11.3 Å². The third-order valence-corrected chi connectivity index (χ3v) is 5.42. The molecule has 1 fully saturated rings. The number of carbonyl (C=O) groups is 3. The minimum absolute atomic E-state index is 0.169. The maximum atomic E-state index is 12.3. The van der Waals surface area contributed by atoms with E-state index in [-0.39, 0.29) is 24.5 Å². The first-order valence-electron chi connectivity index (χ1n) is 8.96. The SMILES string of the molecule is C[C@H]1CCCCN1C(=O)COC(=O)c1cccc(NC(=O)c2cccs2)c1. The fourth-order valence-electron chi connectivity index (χ4n) is 3.09. The number of esters is 1. The molecular weight excluding hydrogens is 364 g/mol. The lowest BCUT2D eigenvalue weighted by atomic mass is 10.0. The zero-order valence-corrected chi connectivity index (χ0v) is 16.0. The van der Waals surface area contributed by atoms with Crippen LogP contribution in [0, 0.1) is 0 Å². The molecule has 2 aromatic rings. The Balaban J connectivity index is 1.57. The summed E-state index contributed by atoms with van der Waals surface area (Å²) in [5.41, 5.74) is 0.789. The number of benzene rings is 1. The summed E-state index contributed by atoms with van der Waals surface area (Å²) in [6, 6.07) is 10.2. The molecule has 2 heterocycles. The van der Waals surface area contributed by atoms with Gasteiger partial charge in [-0.3, -0.25) is 9.59 Å². The van der Waals surface area contributed by atoms with Crippen LogP contribution in [0.5, 0.6) is 0 Å². The second-order valence-electron chi connectivity index (χ2n) is 6.52. The van der Waals surface area contributed by atoms with Crippen LogP contribution < -0.4 is 5.32 Å². The van der Waals surface area contributed by atoms with Crippen molar-refractivity contribution >= 4 is 34.8 Å². The van der Waals surface area contributed by atoms with Gasteiger partial charge in [0.25, 0.3) is 11.8 Å². The van der Waals surface area contributed by atoms with Crippen molar-refractivity contribution < 1.29 is 19.1 Å². The van der Waals surface area contributed by atoms with Gasteiger partial charge in [-0.05, 0) is 55.8 Å². The van der Waals surface area contributed by atoms with Gasteiger partial charge >= 0.3 is 5.97 Å². The zero-order chi connectivity index (χ0) is 19.2. The van der Waals surface area contributed by atoms with Gasteiger partial charge in [-0.15, -0.1) is 11.3 Å². The average molecular weight is 386 g/mol. The van der Waals surface area contributed by atoms with Gasteiger partial charge in [0.2, 0.25) is 0 Å². The third-order valence-electron chi connectivity index (χ3n) is 4.55. The first-order chi connectivity index (χ1) is 13.0. The number of hydrogen-bond donors (Lipinski definition) is 1. The van der Waals surface area contributed by atoms with Crippen LogP contribution >= 0.6 is 11.3 Å². The summed E-state index contributed by atoms with van der Waals surface area (Å²) in [6.45, 7) is 2.45. The van der Waals surface area contributed by atoms with E-state index in [1.54, 1.807) is 41.3 Å². The molecule has 0 radical (unpaired) electrons. The molecule has 7 heteroatoms. The van der Waals surface area contributed by atoms with Gasteiger partial charge in [0.15, 0.2) is 6.61 Å². The van der Waals surface area contributed by atoms with Crippen LogP contribution in [0.1, 0.15) is 46.2 Å². The van der Waals surface area contributed by atoms with Crippen molar-refractivity contribution in [1.29, 1.82) is 0 Å². The number of ether oxygens (including phenoxy) is 1. The summed E-state index contributed by atoms with van der Waals surface area (Å²) in [6.07, 6.45) is 3.08. The van der Waals surface area contributed by atoms with E-state index in [4.69, 9.17) is 4.74 Å². The summed E-state index contributed by atoms with van der Waals surface area (Å²) in [5, 5.41) is 4.57. The van der Waals surface area contributed by atoms with Crippen LogP contribution in [0.4, 0.5) is 5.69 Å². The number of piperidine rings is 1. The minimum atomic E-state index is -0.583. The summed E-state index contributed by atoms with van der Waals surface area (Å²) in [5.74, 6) is -0.984. The summed E-state index contributed by atoms with van der Waals surface area (Å²) < 4.78 is 5.18. The zero-order valence-electron chi connectivity index (χ0n) is 15.1. The fourth-order valence-corrected chi connectivity index (χ4v) is 3.71. The maximum Gasteiger partial charge on any atom is 0.338 e. The quantitative estimate of drug-likeness (QED) is 0.797. The molecule has 1 N–H and O–H groups in total. The molecule has 1 aliphatic rings. The monoisotopic (exact) mass is 386 g/mol. The predicted octanol–water partition coefficient (Wildman–Crippen LogP) is 3.56. The highest BCUT2D eigenvalue weighted by Gasteiger charge is 2.24. The van der Waals surface area contributed by atoms with E-state index >= 15 is 0 Å². The van der Waals surface area contributed by atoms with E-state index < -0.39 is 5.97 Å². The van der Waals surface area contributed by atoms with Crippen LogP contribution in [0.3, 0.4) is 0 Å². The first kappa shape index (κ1) is 19.1. The second-order valence-corrected chi connectivity index (χ2v) is 7.47. The molecule has 0 aliphatic carbocycles. The molecule has 6 nitrogen and oxygen atoms in total. The number of nitrogens with one attached hydrogen (secondary N) is 1. The van der Waals surface area contributed by atoms with Gasteiger partial charge in [-0.1, -0.05) is 12.1 Å². The van der Waals surface area contributed by atoms with Crippen molar-refractivity contribution in [3.8, 4) is 0 Å². The highest BCUT2D eigenvalue weighted by molar-refractivity contribution is 7.12. The standard InChI is InChI=1S/C20H22N2O4S/c1-14-6-2-3-10-22(14)18(23)13-26-20(25)15-7-4-8-16(12-15)21-19(24)17-9-5-11-27-17/h4-5,7-9,11-12,14H,2-3,6,10,13H2,1H3,(H,21,24)/t14-/m0/s1. The van der Waals surface area contributed by atoms with Crippen molar-refractivity contribution in [2.24, 2.45) is 0 Å².